The highest BCUT2D eigenvalue weighted by atomic mass is 16.4. The molecule has 0 aliphatic carbocycles. The van der Waals surface area contributed by atoms with E-state index in [9.17, 15) is 9.59 Å². The number of benzene rings is 3. The van der Waals surface area contributed by atoms with Crippen LogP contribution in [-0.4, -0.2) is 32.3 Å². The Kier molecular flexibility index (Phi) is 6.19. The van der Waals surface area contributed by atoms with Gasteiger partial charge in [0.25, 0.3) is 5.91 Å². The minimum absolute atomic E-state index is 0.153. The molecule has 0 unspecified atom stereocenters. The Morgan fingerprint density at radius 2 is 1.64 bits per heavy atom. The molecule has 0 bridgehead atoms. The monoisotopic (exact) mass is 476 g/mol. The lowest BCUT2D eigenvalue weighted by Gasteiger charge is -2.12. The number of hydrazone groups is 1. The lowest BCUT2D eigenvalue weighted by molar-refractivity contribution is -0.137. The molecule has 2 N–H and O–H groups in total. The molecule has 0 radical (unpaired) electrons. The molecule has 7 nitrogen and oxygen atoms in total. The second-order valence-corrected chi connectivity index (χ2v) is 8.43. The average molecular weight is 477 g/mol. The van der Waals surface area contributed by atoms with E-state index >= 15 is 0 Å². The van der Waals surface area contributed by atoms with Crippen LogP contribution in [0.25, 0.3) is 27.8 Å². The molecule has 3 aromatic carbocycles. The first-order chi connectivity index (χ1) is 17.5. The lowest BCUT2D eigenvalue weighted by atomic mass is 10.1. The Morgan fingerprint density at radius 1 is 0.917 bits per heavy atom. The SMILES string of the molecule is Cc1ccc(-c2ccccc2)n1-c1ccc(C(=O)N/N=C/c2cn(CC(=O)O)c3ccccc23)cc1. The number of para-hydroxylation sites is 1. The first kappa shape index (κ1) is 22.9. The second-order valence-electron chi connectivity index (χ2n) is 8.43. The summed E-state index contributed by atoms with van der Waals surface area (Å²) in [5.41, 5.74) is 8.81. The third-order valence-corrected chi connectivity index (χ3v) is 6.03. The molecule has 1 amide bonds. The number of hydrogen-bond donors (Lipinski definition) is 2. The number of carboxylic acids is 1. The van der Waals surface area contributed by atoms with Crippen molar-refractivity contribution in [1.82, 2.24) is 14.6 Å². The summed E-state index contributed by atoms with van der Waals surface area (Å²) in [4.78, 5) is 23.9. The van der Waals surface area contributed by atoms with Crippen molar-refractivity contribution in [1.29, 1.82) is 0 Å². The normalized spacial score (nSPS) is 11.2. The summed E-state index contributed by atoms with van der Waals surface area (Å²) < 4.78 is 3.80. The van der Waals surface area contributed by atoms with Crippen molar-refractivity contribution in [2.45, 2.75) is 13.5 Å². The predicted molar refractivity (Wildman–Crippen MR) is 141 cm³/mol. The van der Waals surface area contributed by atoms with Crippen LogP contribution in [0.15, 0.2) is 102 Å². The fraction of sp³-hybridized carbons (Fsp3) is 0.0690. The zero-order chi connectivity index (χ0) is 25.1. The van der Waals surface area contributed by atoms with Crippen LogP contribution in [0.4, 0.5) is 0 Å². The van der Waals surface area contributed by atoms with Crippen molar-refractivity contribution in [3.63, 3.8) is 0 Å². The molecule has 0 spiro atoms. The Balaban J connectivity index is 1.33. The first-order valence-corrected chi connectivity index (χ1v) is 11.5. The van der Waals surface area contributed by atoms with E-state index in [2.05, 4.69) is 46.3 Å². The number of nitrogens with zero attached hydrogens (tertiary/aromatic N) is 3. The summed E-state index contributed by atoms with van der Waals surface area (Å²) in [5, 5.41) is 14.1. The van der Waals surface area contributed by atoms with Gasteiger partial charge in [-0.15, -0.1) is 0 Å². The summed E-state index contributed by atoms with van der Waals surface area (Å²) in [5.74, 6) is -1.26. The number of nitrogens with one attached hydrogen (secondary N) is 1. The minimum atomic E-state index is -0.929. The van der Waals surface area contributed by atoms with Gasteiger partial charge in [0.2, 0.25) is 0 Å². The molecule has 0 atom stereocenters. The van der Waals surface area contributed by atoms with Gasteiger partial charge >= 0.3 is 5.97 Å². The van der Waals surface area contributed by atoms with E-state index in [0.717, 1.165) is 39.1 Å². The van der Waals surface area contributed by atoms with Crippen molar-refractivity contribution >= 4 is 29.0 Å². The number of hydrogen-bond acceptors (Lipinski definition) is 3. The van der Waals surface area contributed by atoms with Gasteiger partial charge in [0, 0.05) is 39.6 Å². The Hall–Kier alpha value is -4.91. The van der Waals surface area contributed by atoms with Gasteiger partial charge in [-0.3, -0.25) is 9.59 Å². The van der Waals surface area contributed by atoms with Crippen molar-refractivity contribution in [3.8, 4) is 16.9 Å². The highest BCUT2D eigenvalue weighted by Crippen LogP contribution is 2.26. The quantitative estimate of drug-likeness (QED) is 0.248. The maximum absolute atomic E-state index is 12.7. The third-order valence-electron chi connectivity index (χ3n) is 6.03. The van der Waals surface area contributed by atoms with Gasteiger partial charge in [-0.05, 0) is 55.0 Å². The number of carbonyl (C=O) groups excluding carboxylic acids is 1. The number of amides is 1. The Morgan fingerprint density at radius 3 is 2.39 bits per heavy atom. The van der Waals surface area contributed by atoms with Crippen LogP contribution in [-0.2, 0) is 11.3 Å². The van der Waals surface area contributed by atoms with Crippen LogP contribution in [0.2, 0.25) is 0 Å². The topological polar surface area (TPSA) is 88.6 Å². The summed E-state index contributed by atoms with van der Waals surface area (Å²) in [6, 6.07) is 29.2. The van der Waals surface area contributed by atoms with Crippen LogP contribution in [0.1, 0.15) is 21.6 Å². The molecule has 0 fully saturated rings. The number of carbonyl (C=O) groups is 2. The highest BCUT2D eigenvalue weighted by Gasteiger charge is 2.12. The van der Waals surface area contributed by atoms with Crippen LogP contribution in [0, 0.1) is 6.92 Å². The van der Waals surface area contributed by atoms with Gasteiger partial charge in [-0.25, -0.2) is 5.43 Å². The number of aryl methyl sites for hydroxylation is 1. The van der Waals surface area contributed by atoms with Gasteiger partial charge in [-0.2, -0.15) is 5.10 Å². The van der Waals surface area contributed by atoms with E-state index in [1.165, 1.54) is 6.21 Å². The summed E-state index contributed by atoms with van der Waals surface area (Å²) >= 11 is 0. The Labute approximate surface area is 207 Å². The van der Waals surface area contributed by atoms with Crippen LogP contribution >= 0.6 is 0 Å². The van der Waals surface area contributed by atoms with E-state index in [1.54, 1.807) is 22.9 Å². The zero-order valence-electron chi connectivity index (χ0n) is 19.6. The predicted octanol–water partition coefficient (Wildman–Crippen LogP) is 5.26. The summed E-state index contributed by atoms with van der Waals surface area (Å²) in [7, 11) is 0. The van der Waals surface area contributed by atoms with Gasteiger partial charge in [-0.1, -0.05) is 48.5 Å². The number of rotatable bonds is 7. The fourth-order valence-electron chi connectivity index (χ4n) is 4.36. The molecule has 0 saturated carbocycles. The molecule has 7 heteroatoms. The fourth-order valence-corrected chi connectivity index (χ4v) is 4.36. The molecule has 0 saturated heterocycles. The number of aliphatic carboxylic acids is 1. The zero-order valence-corrected chi connectivity index (χ0v) is 19.6. The standard InChI is InChI=1S/C29H24N4O3/c1-20-11-16-26(21-7-3-2-4-8-21)33(20)24-14-12-22(13-15-24)29(36)31-30-17-23-18-32(19-28(34)35)27-10-6-5-9-25(23)27/h2-18H,19H2,1H3,(H,31,36)(H,34,35)/b30-17+. The van der Waals surface area contributed by atoms with Crippen LogP contribution in [0.5, 0.6) is 0 Å². The van der Waals surface area contributed by atoms with Gasteiger partial charge in [0.15, 0.2) is 0 Å². The largest absolute Gasteiger partial charge is 0.480 e. The average Bonchev–Trinajstić information content (AvgIpc) is 3.45. The molecular weight excluding hydrogens is 452 g/mol. The number of carboxylic acid groups (broad SMARTS) is 1. The number of fused-ring (bicyclic) bond motifs is 1. The van der Waals surface area contributed by atoms with Crippen molar-refractivity contribution in [2.24, 2.45) is 5.10 Å². The van der Waals surface area contributed by atoms with E-state index < -0.39 is 5.97 Å². The second kappa shape index (κ2) is 9.76. The molecule has 2 heterocycles. The third kappa shape index (κ3) is 4.54. The highest BCUT2D eigenvalue weighted by molar-refractivity contribution is 6.01. The molecule has 5 aromatic rings. The summed E-state index contributed by atoms with van der Waals surface area (Å²) in [6.07, 6.45) is 3.25. The van der Waals surface area contributed by atoms with Crippen LogP contribution in [0.3, 0.4) is 0 Å². The van der Waals surface area contributed by atoms with E-state index in [0.29, 0.717) is 5.56 Å². The van der Waals surface area contributed by atoms with Crippen molar-refractivity contribution in [2.75, 3.05) is 0 Å². The smallest absolute Gasteiger partial charge is 0.323 e. The van der Waals surface area contributed by atoms with E-state index in [1.807, 2.05) is 54.6 Å². The van der Waals surface area contributed by atoms with E-state index in [4.69, 9.17) is 5.11 Å². The molecule has 5 rings (SSSR count). The Bertz CT molecular complexity index is 1580. The van der Waals surface area contributed by atoms with Crippen molar-refractivity contribution < 1.29 is 14.7 Å². The molecular formula is C29H24N4O3. The van der Waals surface area contributed by atoms with Crippen LogP contribution < -0.4 is 5.43 Å². The molecule has 178 valence electrons. The molecule has 2 aromatic heterocycles. The molecule has 0 aliphatic heterocycles. The minimum Gasteiger partial charge on any atom is -0.480 e. The van der Waals surface area contributed by atoms with Gasteiger partial charge in [0.1, 0.15) is 6.54 Å². The lowest BCUT2D eigenvalue weighted by Crippen LogP contribution is -2.17. The maximum Gasteiger partial charge on any atom is 0.323 e. The first-order valence-electron chi connectivity index (χ1n) is 11.5. The molecule has 36 heavy (non-hydrogen) atoms. The number of aromatic nitrogens is 2. The van der Waals surface area contributed by atoms with Crippen molar-refractivity contribution in [3.05, 3.63) is 114 Å². The van der Waals surface area contributed by atoms with Gasteiger partial charge < -0.3 is 14.2 Å². The summed E-state index contributed by atoms with van der Waals surface area (Å²) in [6.45, 7) is 1.90. The molecule has 0 aliphatic rings. The van der Waals surface area contributed by atoms with E-state index in [-0.39, 0.29) is 12.5 Å². The maximum atomic E-state index is 12.7. The van der Waals surface area contributed by atoms with Gasteiger partial charge in [0.05, 0.1) is 11.9 Å².